The Morgan fingerprint density at radius 1 is 1.53 bits per heavy atom. The fraction of sp³-hybridized carbons (Fsp3) is 0.333. The van der Waals surface area contributed by atoms with Crippen molar-refractivity contribution in [3.8, 4) is 6.07 Å². The Labute approximate surface area is 101 Å². The number of nitrogens with two attached hydrogens (primary N) is 2. The Hall–Kier alpha value is -2.22. The van der Waals surface area contributed by atoms with E-state index in [9.17, 15) is 4.79 Å². The number of hydrogen-bond donors (Lipinski definition) is 2. The Kier molecular flexibility index (Phi) is 3.94. The molecule has 0 heterocycles. The normalized spacial score (nSPS) is 10.0. The summed E-state index contributed by atoms with van der Waals surface area (Å²) in [6, 6.07) is 7.22. The molecule has 1 aromatic carbocycles. The summed E-state index contributed by atoms with van der Waals surface area (Å²) in [4.78, 5) is 12.8. The highest BCUT2D eigenvalue weighted by Gasteiger charge is 2.14. The molecule has 0 saturated heterocycles. The minimum atomic E-state index is -0.408. The standard InChI is InChI=1S/C12H16N4O/c1-8(2)16(7-12(15)17)10-3-4-11(14)9(5-10)6-13/h3-5,8H,7,14H2,1-2H3,(H2,15,17). The van der Waals surface area contributed by atoms with Gasteiger partial charge in [0.05, 0.1) is 12.1 Å². The fourth-order valence-electron chi connectivity index (χ4n) is 1.56. The van der Waals surface area contributed by atoms with E-state index in [4.69, 9.17) is 16.7 Å². The van der Waals surface area contributed by atoms with Crippen LogP contribution in [0.2, 0.25) is 0 Å². The first kappa shape index (κ1) is 12.8. The van der Waals surface area contributed by atoms with Gasteiger partial charge < -0.3 is 16.4 Å². The summed E-state index contributed by atoms with van der Waals surface area (Å²) in [6.45, 7) is 4.02. The zero-order valence-electron chi connectivity index (χ0n) is 9.97. The molecule has 5 nitrogen and oxygen atoms in total. The van der Waals surface area contributed by atoms with Crippen molar-refractivity contribution in [1.82, 2.24) is 0 Å². The first-order valence-corrected chi connectivity index (χ1v) is 5.30. The molecule has 0 aliphatic heterocycles. The Bertz CT molecular complexity index is 462. The average Bonchev–Trinajstić information content (AvgIpc) is 2.26. The molecular formula is C12H16N4O. The average molecular weight is 232 g/mol. The number of benzene rings is 1. The second-order valence-electron chi connectivity index (χ2n) is 4.07. The largest absolute Gasteiger partial charge is 0.398 e. The molecule has 5 heteroatoms. The third-order valence-corrected chi connectivity index (χ3v) is 2.44. The molecule has 1 aromatic rings. The van der Waals surface area contributed by atoms with Crippen molar-refractivity contribution >= 4 is 17.3 Å². The molecule has 4 N–H and O–H groups in total. The number of nitrogens with zero attached hydrogens (tertiary/aromatic N) is 2. The van der Waals surface area contributed by atoms with Crippen LogP contribution < -0.4 is 16.4 Å². The van der Waals surface area contributed by atoms with Crippen LogP contribution in [0.25, 0.3) is 0 Å². The predicted molar refractivity (Wildman–Crippen MR) is 67.2 cm³/mol. The lowest BCUT2D eigenvalue weighted by Gasteiger charge is -2.27. The molecule has 1 amide bonds. The number of nitriles is 1. The molecule has 0 saturated carbocycles. The number of anilines is 2. The highest BCUT2D eigenvalue weighted by atomic mass is 16.1. The monoisotopic (exact) mass is 232 g/mol. The first-order valence-electron chi connectivity index (χ1n) is 5.30. The molecule has 0 aromatic heterocycles. The molecule has 0 aliphatic rings. The lowest BCUT2D eigenvalue weighted by atomic mass is 10.1. The molecule has 17 heavy (non-hydrogen) atoms. The van der Waals surface area contributed by atoms with E-state index in [1.807, 2.05) is 24.8 Å². The molecule has 0 bridgehead atoms. The second-order valence-corrected chi connectivity index (χ2v) is 4.07. The maximum absolute atomic E-state index is 11.0. The van der Waals surface area contributed by atoms with Gasteiger partial charge in [-0.05, 0) is 32.0 Å². The summed E-state index contributed by atoms with van der Waals surface area (Å²) >= 11 is 0. The third kappa shape index (κ3) is 3.11. The van der Waals surface area contributed by atoms with Crippen LogP contribution in [0.15, 0.2) is 18.2 Å². The number of primary amides is 1. The van der Waals surface area contributed by atoms with Crippen LogP contribution in [0, 0.1) is 11.3 Å². The molecule has 0 aliphatic carbocycles. The molecule has 0 unspecified atom stereocenters. The van der Waals surface area contributed by atoms with Gasteiger partial charge in [-0.2, -0.15) is 5.26 Å². The van der Waals surface area contributed by atoms with Crippen molar-refractivity contribution < 1.29 is 4.79 Å². The summed E-state index contributed by atoms with van der Waals surface area (Å²) in [7, 11) is 0. The van der Waals surface area contributed by atoms with E-state index in [-0.39, 0.29) is 12.6 Å². The number of amides is 1. The van der Waals surface area contributed by atoms with Crippen molar-refractivity contribution in [2.75, 3.05) is 17.2 Å². The minimum Gasteiger partial charge on any atom is -0.398 e. The fourth-order valence-corrected chi connectivity index (χ4v) is 1.56. The van der Waals surface area contributed by atoms with E-state index in [0.29, 0.717) is 11.3 Å². The molecule has 0 spiro atoms. The number of hydrogen-bond acceptors (Lipinski definition) is 4. The SMILES string of the molecule is CC(C)N(CC(N)=O)c1ccc(N)c(C#N)c1. The maximum Gasteiger partial charge on any atom is 0.236 e. The lowest BCUT2D eigenvalue weighted by molar-refractivity contribution is -0.116. The Balaban J connectivity index is 3.11. The van der Waals surface area contributed by atoms with Crippen molar-refractivity contribution in [2.45, 2.75) is 19.9 Å². The highest BCUT2D eigenvalue weighted by Crippen LogP contribution is 2.22. The third-order valence-electron chi connectivity index (χ3n) is 2.44. The van der Waals surface area contributed by atoms with Gasteiger partial charge in [-0.15, -0.1) is 0 Å². The van der Waals surface area contributed by atoms with Crippen molar-refractivity contribution in [1.29, 1.82) is 5.26 Å². The highest BCUT2D eigenvalue weighted by molar-refractivity contribution is 5.80. The van der Waals surface area contributed by atoms with Crippen molar-refractivity contribution in [2.24, 2.45) is 5.73 Å². The van der Waals surface area contributed by atoms with E-state index in [2.05, 4.69) is 0 Å². The summed E-state index contributed by atoms with van der Waals surface area (Å²) in [6.07, 6.45) is 0. The molecule has 1 rings (SSSR count). The van der Waals surface area contributed by atoms with Gasteiger partial charge in [0.15, 0.2) is 0 Å². The van der Waals surface area contributed by atoms with E-state index >= 15 is 0 Å². The molecule has 0 radical (unpaired) electrons. The lowest BCUT2D eigenvalue weighted by Crippen LogP contribution is -2.38. The van der Waals surface area contributed by atoms with Crippen LogP contribution in [0.4, 0.5) is 11.4 Å². The van der Waals surface area contributed by atoms with Gasteiger partial charge in [0.25, 0.3) is 0 Å². The topological polar surface area (TPSA) is 96.1 Å². The van der Waals surface area contributed by atoms with Crippen LogP contribution in [-0.4, -0.2) is 18.5 Å². The van der Waals surface area contributed by atoms with Crippen LogP contribution in [0.5, 0.6) is 0 Å². The van der Waals surface area contributed by atoms with Crippen LogP contribution >= 0.6 is 0 Å². The molecule has 90 valence electrons. The molecule has 0 fully saturated rings. The molecular weight excluding hydrogens is 216 g/mol. The van der Waals surface area contributed by atoms with E-state index in [1.165, 1.54) is 0 Å². The van der Waals surface area contributed by atoms with Crippen LogP contribution in [0.3, 0.4) is 0 Å². The first-order chi connectivity index (χ1) is 7.95. The summed E-state index contributed by atoms with van der Waals surface area (Å²) in [5.74, 6) is -0.408. The smallest absolute Gasteiger partial charge is 0.236 e. The number of carbonyl (C=O) groups excluding carboxylic acids is 1. The van der Waals surface area contributed by atoms with Crippen molar-refractivity contribution in [3.63, 3.8) is 0 Å². The van der Waals surface area contributed by atoms with E-state index < -0.39 is 5.91 Å². The van der Waals surface area contributed by atoms with Gasteiger partial charge in [-0.25, -0.2) is 0 Å². The quantitative estimate of drug-likeness (QED) is 0.752. The van der Waals surface area contributed by atoms with Crippen LogP contribution in [0.1, 0.15) is 19.4 Å². The van der Waals surface area contributed by atoms with Gasteiger partial charge >= 0.3 is 0 Å². The summed E-state index contributed by atoms with van der Waals surface area (Å²) < 4.78 is 0. The van der Waals surface area contributed by atoms with E-state index in [0.717, 1.165) is 5.69 Å². The summed E-state index contributed by atoms with van der Waals surface area (Å²) in [5, 5.41) is 8.90. The van der Waals surface area contributed by atoms with Gasteiger partial charge in [0.2, 0.25) is 5.91 Å². The zero-order chi connectivity index (χ0) is 13.0. The second kappa shape index (κ2) is 5.21. The van der Waals surface area contributed by atoms with Gasteiger partial charge in [-0.1, -0.05) is 0 Å². The number of rotatable bonds is 4. The zero-order valence-corrected chi connectivity index (χ0v) is 9.97. The molecule has 0 atom stereocenters. The predicted octanol–water partition coefficient (Wildman–Crippen LogP) is 0.841. The number of carbonyl (C=O) groups is 1. The van der Waals surface area contributed by atoms with Crippen LogP contribution in [-0.2, 0) is 4.79 Å². The Morgan fingerprint density at radius 3 is 2.65 bits per heavy atom. The Morgan fingerprint density at radius 2 is 2.18 bits per heavy atom. The maximum atomic E-state index is 11.0. The number of nitrogen functional groups attached to an aromatic ring is 1. The van der Waals surface area contributed by atoms with E-state index in [1.54, 1.807) is 18.2 Å². The van der Waals surface area contributed by atoms with Crippen molar-refractivity contribution in [3.05, 3.63) is 23.8 Å². The minimum absolute atomic E-state index is 0.109. The van der Waals surface area contributed by atoms with Gasteiger partial charge in [0, 0.05) is 17.4 Å². The summed E-state index contributed by atoms with van der Waals surface area (Å²) in [5.41, 5.74) is 12.4. The van der Waals surface area contributed by atoms with Gasteiger partial charge in [0.1, 0.15) is 6.07 Å². The van der Waals surface area contributed by atoms with Gasteiger partial charge in [-0.3, -0.25) is 4.79 Å².